The lowest BCUT2D eigenvalue weighted by Crippen LogP contribution is -2.24. The summed E-state index contributed by atoms with van der Waals surface area (Å²) in [6.07, 6.45) is 0. The molecule has 0 radical (unpaired) electrons. The molecule has 0 aliphatic heterocycles. The zero-order valence-electron chi connectivity index (χ0n) is 18.5. The van der Waals surface area contributed by atoms with E-state index in [2.05, 4.69) is 10.6 Å². The first kappa shape index (κ1) is 23.3. The number of carbonyl (C=O) groups excluding carboxylic acids is 3. The van der Waals surface area contributed by atoms with Gasteiger partial charge in [0.05, 0.1) is 14.2 Å². The van der Waals surface area contributed by atoms with E-state index in [-0.39, 0.29) is 24.1 Å². The summed E-state index contributed by atoms with van der Waals surface area (Å²) in [5.74, 6) is 0.122. The van der Waals surface area contributed by atoms with Crippen molar-refractivity contribution in [3.8, 4) is 17.2 Å². The SMILES string of the molecule is COc1ccc(C(=O)NCc2ccccc2NC(=O)c2cccc(OC(C)=O)c2)cc1OC. The highest BCUT2D eigenvalue weighted by molar-refractivity contribution is 6.05. The molecule has 0 heterocycles. The second kappa shape index (κ2) is 10.8. The molecular weight excluding hydrogens is 424 g/mol. The number of esters is 1. The van der Waals surface area contributed by atoms with Gasteiger partial charge in [-0.05, 0) is 48.0 Å². The number of nitrogens with one attached hydrogen (secondary N) is 2. The molecule has 0 atom stereocenters. The molecule has 3 aromatic rings. The molecule has 33 heavy (non-hydrogen) atoms. The third kappa shape index (κ3) is 6.10. The van der Waals surface area contributed by atoms with E-state index in [9.17, 15) is 14.4 Å². The average molecular weight is 448 g/mol. The van der Waals surface area contributed by atoms with Crippen molar-refractivity contribution in [1.29, 1.82) is 0 Å². The van der Waals surface area contributed by atoms with E-state index >= 15 is 0 Å². The second-order valence-corrected chi connectivity index (χ2v) is 6.99. The van der Waals surface area contributed by atoms with Gasteiger partial charge in [-0.15, -0.1) is 0 Å². The topological polar surface area (TPSA) is 103 Å². The summed E-state index contributed by atoms with van der Waals surface area (Å²) in [7, 11) is 3.02. The van der Waals surface area contributed by atoms with Crippen molar-refractivity contribution in [2.45, 2.75) is 13.5 Å². The number of benzene rings is 3. The molecule has 0 spiro atoms. The Labute approximate surface area is 191 Å². The normalized spacial score (nSPS) is 10.2. The molecule has 0 fully saturated rings. The molecule has 0 aliphatic rings. The molecule has 0 bridgehead atoms. The summed E-state index contributed by atoms with van der Waals surface area (Å²) < 4.78 is 15.5. The van der Waals surface area contributed by atoms with Gasteiger partial charge in [-0.3, -0.25) is 14.4 Å². The molecule has 8 nitrogen and oxygen atoms in total. The summed E-state index contributed by atoms with van der Waals surface area (Å²) in [4.78, 5) is 36.5. The number of hydrogen-bond donors (Lipinski definition) is 2. The summed E-state index contributed by atoms with van der Waals surface area (Å²) in [6.45, 7) is 1.48. The van der Waals surface area contributed by atoms with Crippen LogP contribution in [-0.2, 0) is 11.3 Å². The van der Waals surface area contributed by atoms with Gasteiger partial charge >= 0.3 is 5.97 Å². The fourth-order valence-electron chi connectivity index (χ4n) is 3.11. The van der Waals surface area contributed by atoms with Crippen LogP contribution >= 0.6 is 0 Å². The monoisotopic (exact) mass is 448 g/mol. The van der Waals surface area contributed by atoms with Crippen LogP contribution in [-0.4, -0.2) is 32.0 Å². The first-order valence-corrected chi connectivity index (χ1v) is 10.1. The fourth-order valence-corrected chi connectivity index (χ4v) is 3.11. The summed E-state index contributed by atoms with van der Waals surface area (Å²) in [6, 6.07) is 18.4. The van der Waals surface area contributed by atoms with Crippen LogP contribution < -0.4 is 24.8 Å². The van der Waals surface area contributed by atoms with E-state index < -0.39 is 5.97 Å². The Balaban J connectivity index is 1.70. The van der Waals surface area contributed by atoms with Gasteiger partial charge in [0.25, 0.3) is 11.8 Å². The van der Waals surface area contributed by atoms with Gasteiger partial charge in [-0.2, -0.15) is 0 Å². The van der Waals surface area contributed by atoms with E-state index in [1.807, 2.05) is 6.07 Å². The van der Waals surface area contributed by atoms with Gasteiger partial charge < -0.3 is 24.8 Å². The van der Waals surface area contributed by atoms with Crippen molar-refractivity contribution in [2.75, 3.05) is 19.5 Å². The number of hydrogen-bond acceptors (Lipinski definition) is 6. The van der Waals surface area contributed by atoms with Crippen LogP contribution in [0, 0.1) is 0 Å². The maximum atomic E-state index is 12.7. The lowest BCUT2D eigenvalue weighted by molar-refractivity contribution is -0.131. The minimum Gasteiger partial charge on any atom is -0.493 e. The Hall–Kier alpha value is -4.33. The van der Waals surface area contributed by atoms with Crippen LogP contribution in [0.5, 0.6) is 17.2 Å². The molecule has 0 aromatic heterocycles. The zero-order chi connectivity index (χ0) is 23.8. The molecule has 3 rings (SSSR count). The van der Waals surface area contributed by atoms with E-state index in [1.54, 1.807) is 54.6 Å². The largest absolute Gasteiger partial charge is 0.493 e. The average Bonchev–Trinajstić information content (AvgIpc) is 2.82. The molecule has 0 unspecified atom stereocenters. The number of para-hydroxylation sites is 1. The van der Waals surface area contributed by atoms with E-state index in [0.717, 1.165) is 5.56 Å². The zero-order valence-corrected chi connectivity index (χ0v) is 18.5. The summed E-state index contributed by atoms with van der Waals surface area (Å²) >= 11 is 0. The highest BCUT2D eigenvalue weighted by Gasteiger charge is 2.13. The van der Waals surface area contributed by atoms with Gasteiger partial charge in [-0.1, -0.05) is 24.3 Å². The van der Waals surface area contributed by atoms with Crippen molar-refractivity contribution in [3.63, 3.8) is 0 Å². The first-order valence-electron chi connectivity index (χ1n) is 10.1. The maximum absolute atomic E-state index is 12.7. The lowest BCUT2D eigenvalue weighted by atomic mass is 10.1. The smallest absolute Gasteiger partial charge is 0.308 e. The number of amides is 2. The number of carbonyl (C=O) groups is 3. The molecular formula is C25H24N2O6. The van der Waals surface area contributed by atoms with Crippen LogP contribution in [0.3, 0.4) is 0 Å². The molecule has 8 heteroatoms. The summed E-state index contributed by atoms with van der Waals surface area (Å²) in [5.41, 5.74) is 2.01. The number of rotatable bonds is 8. The highest BCUT2D eigenvalue weighted by Crippen LogP contribution is 2.27. The second-order valence-electron chi connectivity index (χ2n) is 6.99. The Morgan fingerprint density at radius 1 is 0.788 bits per heavy atom. The molecule has 0 aliphatic carbocycles. The Morgan fingerprint density at radius 2 is 1.52 bits per heavy atom. The minimum atomic E-state index is -0.469. The van der Waals surface area contributed by atoms with Gasteiger partial charge in [0, 0.05) is 30.3 Å². The van der Waals surface area contributed by atoms with Crippen LogP contribution in [0.15, 0.2) is 66.7 Å². The number of anilines is 1. The number of ether oxygens (including phenoxy) is 3. The predicted octanol–water partition coefficient (Wildman–Crippen LogP) is 3.81. The number of methoxy groups -OCH3 is 2. The fraction of sp³-hybridized carbons (Fsp3) is 0.160. The van der Waals surface area contributed by atoms with Crippen molar-refractivity contribution in [1.82, 2.24) is 5.32 Å². The highest BCUT2D eigenvalue weighted by atomic mass is 16.5. The quantitative estimate of drug-likeness (QED) is 0.401. The molecule has 2 amide bonds. The predicted molar refractivity (Wildman–Crippen MR) is 123 cm³/mol. The summed E-state index contributed by atoms with van der Waals surface area (Å²) in [5, 5.41) is 5.68. The lowest BCUT2D eigenvalue weighted by Gasteiger charge is -2.13. The Kier molecular flexibility index (Phi) is 7.64. The van der Waals surface area contributed by atoms with Gasteiger partial charge in [0.2, 0.25) is 0 Å². The van der Waals surface area contributed by atoms with E-state index in [1.165, 1.54) is 27.2 Å². The molecule has 0 saturated carbocycles. The standard InChI is InChI=1S/C25H24N2O6/c1-16(28)33-20-9-6-8-17(13-20)25(30)27-21-10-5-4-7-19(21)15-26-24(29)18-11-12-22(31-2)23(14-18)32-3/h4-14H,15H2,1-3H3,(H,26,29)(H,27,30). The van der Waals surface area contributed by atoms with E-state index in [0.29, 0.717) is 28.3 Å². The molecule has 0 saturated heterocycles. The van der Waals surface area contributed by atoms with Crippen molar-refractivity contribution in [3.05, 3.63) is 83.4 Å². The van der Waals surface area contributed by atoms with Crippen molar-refractivity contribution in [2.24, 2.45) is 0 Å². The van der Waals surface area contributed by atoms with E-state index in [4.69, 9.17) is 14.2 Å². The van der Waals surface area contributed by atoms with Gasteiger partial charge in [0.1, 0.15) is 5.75 Å². The Bertz CT molecular complexity index is 1180. The first-order chi connectivity index (χ1) is 15.9. The maximum Gasteiger partial charge on any atom is 0.308 e. The van der Waals surface area contributed by atoms with Crippen molar-refractivity contribution < 1.29 is 28.6 Å². The third-order valence-corrected chi connectivity index (χ3v) is 4.71. The third-order valence-electron chi connectivity index (χ3n) is 4.71. The molecule has 3 aromatic carbocycles. The van der Waals surface area contributed by atoms with Gasteiger partial charge in [0.15, 0.2) is 11.5 Å². The molecule has 170 valence electrons. The van der Waals surface area contributed by atoms with Crippen molar-refractivity contribution >= 4 is 23.5 Å². The Morgan fingerprint density at radius 3 is 2.24 bits per heavy atom. The van der Waals surface area contributed by atoms with Crippen LogP contribution in [0.2, 0.25) is 0 Å². The minimum absolute atomic E-state index is 0.192. The van der Waals surface area contributed by atoms with Gasteiger partial charge in [-0.25, -0.2) is 0 Å². The van der Waals surface area contributed by atoms with Crippen LogP contribution in [0.1, 0.15) is 33.2 Å². The van der Waals surface area contributed by atoms with Crippen LogP contribution in [0.25, 0.3) is 0 Å². The van der Waals surface area contributed by atoms with Crippen LogP contribution in [0.4, 0.5) is 5.69 Å². The molecule has 2 N–H and O–H groups in total.